The number of nitrogens with one attached hydrogen (secondary N) is 1. The molecule has 2 nitrogen and oxygen atoms in total. The number of hydrazine groups is 1. The number of hydrogen-bond donors (Lipinski definition) is 2. The second-order valence-electron chi connectivity index (χ2n) is 6.23. The molecule has 1 aliphatic carbocycles. The summed E-state index contributed by atoms with van der Waals surface area (Å²) in [7, 11) is 0. The van der Waals surface area contributed by atoms with E-state index >= 15 is 0 Å². The fourth-order valence-corrected chi connectivity index (χ4v) is 3.95. The summed E-state index contributed by atoms with van der Waals surface area (Å²) in [6.45, 7) is 2.27. The minimum atomic E-state index is 0.100. The van der Waals surface area contributed by atoms with Crippen LogP contribution in [-0.4, -0.2) is 0 Å². The van der Waals surface area contributed by atoms with E-state index < -0.39 is 0 Å². The average Bonchev–Trinajstić information content (AvgIpc) is 2.50. The smallest absolute Gasteiger partial charge is 0.0503 e. The van der Waals surface area contributed by atoms with Crippen LogP contribution in [0.2, 0.25) is 10.0 Å². The summed E-state index contributed by atoms with van der Waals surface area (Å²) in [5.41, 5.74) is 4.00. The van der Waals surface area contributed by atoms with Crippen molar-refractivity contribution in [1.29, 1.82) is 0 Å². The van der Waals surface area contributed by atoms with Gasteiger partial charge < -0.3 is 0 Å². The highest BCUT2D eigenvalue weighted by atomic mass is 35.5. The molecule has 0 aliphatic heterocycles. The van der Waals surface area contributed by atoms with Crippen molar-refractivity contribution >= 4 is 23.2 Å². The molecule has 0 bridgehead atoms. The summed E-state index contributed by atoms with van der Waals surface area (Å²) in [6.07, 6.45) is 9.07. The molecule has 1 aromatic rings. The van der Waals surface area contributed by atoms with E-state index in [0.717, 1.165) is 16.5 Å². The Labute approximate surface area is 138 Å². The van der Waals surface area contributed by atoms with Gasteiger partial charge in [0.05, 0.1) is 6.04 Å². The molecule has 1 aromatic carbocycles. The van der Waals surface area contributed by atoms with E-state index in [4.69, 9.17) is 29.0 Å². The van der Waals surface area contributed by atoms with Crippen molar-refractivity contribution < 1.29 is 0 Å². The van der Waals surface area contributed by atoms with Crippen molar-refractivity contribution in [2.45, 2.75) is 57.9 Å². The van der Waals surface area contributed by atoms with Crippen molar-refractivity contribution in [2.24, 2.45) is 17.7 Å². The third-order valence-corrected chi connectivity index (χ3v) is 5.38. The largest absolute Gasteiger partial charge is 0.271 e. The maximum atomic E-state index is 6.33. The van der Waals surface area contributed by atoms with E-state index in [0.29, 0.717) is 10.9 Å². The summed E-state index contributed by atoms with van der Waals surface area (Å²) >= 11 is 12.4. The number of halogens is 2. The third kappa shape index (κ3) is 4.59. The van der Waals surface area contributed by atoms with E-state index in [9.17, 15) is 0 Å². The van der Waals surface area contributed by atoms with Crippen LogP contribution in [0.1, 0.15) is 63.5 Å². The fourth-order valence-electron chi connectivity index (χ4n) is 3.54. The van der Waals surface area contributed by atoms with Crippen molar-refractivity contribution in [1.82, 2.24) is 5.43 Å². The van der Waals surface area contributed by atoms with Crippen LogP contribution in [0.15, 0.2) is 18.2 Å². The van der Waals surface area contributed by atoms with Gasteiger partial charge in [-0.3, -0.25) is 11.3 Å². The molecular formula is C17H26Cl2N2. The quantitative estimate of drug-likeness (QED) is 0.534. The summed E-state index contributed by atoms with van der Waals surface area (Å²) in [5.74, 6) is 7.26. The Kier molecular flexibility index (Phi) is 6.81. The van der Waals surface area contributed by atoms with E-state index in [-0.39, 0.29) is 6.04 Å². The van der Waals surface area contributed by atoms with E-state index in [2.05, 4.69) is 12.3 Å². The van der Waals surface area contributed by atoms with Crippen LogP contribution in [0.25, 0.3) is 0 Å². The molecule has 118 valence electrons. The van der Waals surface area contributed by atoms with Gasteiger partial charge in [-0.25, -0.2) is 0 Å². The molecule has 0 aromatic heterocycles. The molecule has 2 rings (SSSR count). The van der Waals surface area contributed by atoms with Crippen LogP contribution in [-0.2, 0) is 0 Å². The van der Waals surface area contributed by atoms with Gasteiger partial charge in [-0.2, -0.15) is 0 Å². The lowest BCUT2D eigenvalue weighted by molar-refractivity contribution is 0.213. The van der Waals surface area contributed by atoms with Gasteiger partial charge in [0.2, 0.25) is 0 Å². The standard InChI is InChI=1S/C17H26Cl2N2/c1-2-3-4-12-5-7-13(8-6-12)17(21-20)15-11-14(18)9-10-16(15)19/h9-13,17,21H,2-8,20H2,1H3. The highest BCUT2D eigenvalue weighted by molar-refractivity contribution is 6.33. The highest BCUT2D eigenvalue weighted by Crippen LogP contribution is 2.40. The Hall–Kier alpha value is -0.280. The minimum Gasteiger partial charge on any atom is -0.271 e. The SMILES string of the molecule is CCCCC1CCC(C(NN)c2cc(Cl)ccc2Cl)CC1. The van der Waals surface area contributed by atoms with Gasteiger partial charge in [0.15, 0.2) is 0 Å². The van der Waals surface area contributed by atoms with E-state index in [1.54, 1.807) is 0 Å². The number of rotatable bonds is 6. The maximum Gasteiger partial charge on any atom is 0.0503 e. The number of unbranched alkanes of at least 4 members (excludes halogenated alkanes) is 1. The Bertz CT molecular complexity index is 442. The fraction of sp³-hybridized carbons (Fsp3) is 0.647. The van der Waals surface area contributed by atoms with Crippen LogP contribution < -0.4 is 11.3 Å². The summed E-state index contributed by atoms with van der Waals surface area (Å²) in [6, 6.07) is 5.72. The molecule has 0 spiro atoms. The molecule has 1 unspecified atom stereocenters. The molecule has 0 saturated heterocycles. The molecule has 1 aliphatic rings. The first-order chi connectivity index (χ1) is 10.2. The van der Waals surface area contributed by atoms with Crippen molar-refractivity contribution in [3.63, 3.8) is 0 Å². The van der Waals surface area contributed by atoms with Gasteiger partial charge in [0, 0.05) is 10.0 Å². The first-order valence-electron chi connectivity index (χ1n) is 8.06. The monoisotopic (exact) mass is 328 g/mol. The van der Waals surface area contributed by atoms with Gasteiger partial charge in [-0.1, -0.05) is 62.2 Å². The van der Waals surface area contributed by atoms with Crippen LogP contribution >= 0.6 is 23.2 Å². The number of hydrogen-bond acceptors (Lipinski definition) is 2. The highest BCUT2D eigenvalue weighted by Gasteiger charge is 2.29. The average molecular weight is 329 g/mol. The van der Waals surface area contributed by atoms with E-state index in [1.165, 1.54) is 44.9 Å². The molecule has 3 N–H and O–H groups in total. The normalized spacial score (nSPS) is 24.0. The van der Waals surface area contributed by atoms with Gasteiger partial charge in [0.1, 0.15) is 0 Å². The van der Waals surface area contributed by atoms with Crippen molar-refractivity contribution in [2.75, 3.05) is 0 Å². The lowest BCUT2D eigenvalue weighted by Crippen LogP contribution is -2.35. The van der Waals surface area contributed by atoms with Crippen LogP contribution in [0.4, 0.5) is 0 Å². The van der Waals surface area contributed by atoms with Gasteiger partial charge >= 0.3 is 0 Å². The van der Waals surface area contributed by atoms with Crippen LogP contribution in [0.5, 0.6) is 0 Å². The minimum absolute atomic E-state index is 0.100. The predicted octanol–water partition coefficient (Wildman–Crippen LogP) is 5.49. The first-order valence-corrected chi connectivity index (χ1v) is 8.82. The summed E-state index contributed by atoms with van der Waals surface area (Å²) in [5, 5.41) is 1.46. The van der Waals surface area contributed by atoms with Crippen LogP contribution in [0, 0.1) is 11.8 Å². The summed E-state index contributed by atoms with van der Waals surface area (Å²) < 4.78 is 0. The second kappa shape index (κ2) is 8.38. The number of nitrogens with two attached hydrogens (primary N) is 1. The van der Waals surface area contributed by atoms with Crippen molar-refractivity contribution in [3.8, 4) is 0 Å². The number of benzene rings is 1. The molecular weight excluding hydrogens is 303 g/mol. The molecule has 21 heavy (non-hydrogen) atoms. The Morgan fingerprint density at radius 3 is 2.57 bits per heavy atom. The molecule has 1 saturated carbocycles. The third-order valence-electron chi connectivity index (χ3n) is 4.80. The van der Waals surface area contributed by atoms with E-state index in [1.807, 2.05) is 18.2 Å². The molecule has 0 amide bonds. The van der Waals surface area contributed by atoms with Crippen molar-refractivity contribution in [3.05, 3.63) is 33.8 Å². The Morgan fingerprint density at radius 2 is 1.95 bits per heavy atom. The zero-order valence-corrected chi connectivity index (χ0v) is 14.3. The first kappa shape index (κ1) is 17.1. The zero-order valence-electron chi connectivity index (χ0n) is 12.7. The van der Waals surface area contributed by atoms with Gasteiger partial charge in [0.25, 0.3) is 0 Å². The molecule has 1 fully saturated rings. The molecule has 1 atom stereocenters. The predicted molar refractivity (Wildman–Crippen MR) is 91.5 cm³/mol. The van der Waals surface area contributed by atoms with Crippen LogP contribution in [0.3, 0.4) is 0 Å². The molecule has 4 heteroatoms. The second-order valence-corrected chi connectivity index (χ2v) is 7.08. The molecule has 0 radical (unpaired) electrons. The Morgan fingerprint density at radius 1 is 1.24 bits per heavy atom. The van der Waals surface area contributed by atoms with Gasteiger partial charge in [-0.05, 0) is 48.4 Å². The lowest BCUT2D eigenvalue weighted by Gasteiger charge is -2.34. The van der Waals surface area contributed by atoms with Gasteiger partial charge in [-0.15, -0.1) is 0 Å². The Balaban J connectivity index is 2.01. The topological polar surface area (TPSA) is 38.0 Å². The maximum absolute atomic E-state index is 6.33. The molecule has 0 heterocycles. The lowest BCUT2D eigenvalue weighted by atomic mass is 9.75. The zero-order chi connectivity index (χ0) is 15.2. The summed E-state index contributed by atoms with van der Waals surface area (Å²) in [4.78, 5) is 0.